The third kappa shape index (κ3) is 2.11. The minimum Gasteiger partial charge on any atom is -0.368 e. The van der Waals surface area contributed by atoms with Gasteiger partial charge in [-0.05, 0) is 6.92 Å². The summed E-state index contributed by atoms with van der Waals surface area (Å²) in [6.45, 7) is 2.18. The molecule has 82 valence electrons. The molecule has 1 heterocycles. The molecule has 0 aliphatic heterocycles. The summed E-state index contributed by atoms with van der Waals surface area (Å²) in [4.78, 5) is 15.1. The first kappa shape index (κ1) is 10.4. The standard InChI is InChI=1S/C12H13N3O/c1-9-2-4-10(5-3-9)12-14-6-7-15(12)8-11(13)16/h2-7H,8H2,1H3,(H2,13,16). The Balaban J connectivity index is 2.36. The molecule has 0 unspecified atom stereocenters. The van der Waals surface area contributed by atoms with Crippen LogP contribution in [0.4, 0.5) is 0 Å². The summed E-state index contributed by atoms with van der Waals surface area (Å²) in [5.41, 5.74) is 7.34. The Labute approximate surface area is 93.7 Å². The largest absolute Gasteiger partial charge is 0.368 e. The molecule has 1 aromatic carbocycles. The number of rotatable bonds is 3. The molecule has 2 rings (SSSR count). The first-order chi connectivity index (χ1) is 7.66. The highest BCUT2D eigenvalue weighted by atomic mass is 16.1. The fraction of sp³-hybridized carbons (Fsp3) is 0.167. The molecule has 16 heavy (non-hydrogen) atoms. The number of amides is 1. The maximum Gasteiger partial charge on any atom is 0.237 e. The second-order valence-electron chi connectivity index (χ2n) is 3.71. The molecule has 1 amide bonds. The quantitative estimate of drug-likeness (QED) is 0.840. The monoisotopic (exact) mass is 215 g/mol. The fourth-order valence-electron chi connectivity index (χ4n) is 1.57. The third-order valence-corrected chi connectivity index (χ3v) is 2.35. The highest BCUT2D eigenvalue weighted by Crippen LogP contribution is 2.17. The van der Waals surface area contributed by atoms with Gasteiger partial charge in [-0.25, -0.2) is 4.98 Å². The molecule has 0 bridgehead atoms. The number of hydrogen-bond donors (Lipinski definition) is 1. The predicted molar refractivity (Wildman–Crippen MR) is 61.6 cm³/mol. The number of nitrogens with zero attached hydrogens (tertiary/aromatic N) is 2. The van der Waals surface area contributed by atoms with E-state index in [1.807, 2.05) is 31.2 Å². The van der Waals surface area contributed by atoms with Crippen molar-refractivity contribution in [3.8, 4) is 11.4 Å². The summed E-state index contributed by atoms with van der Waals surface area (Å²) >= 11 is 0. The maximum absolute atomic E-state index is 10.9. The Bertz CT molecular complexity index is 499. The Hall–Kier alpha value is -2.10. The lowest BCUT2D eigenvalue weighted by atomic mass is 10.1. The van der Waals surface area contributed by atoms with Crippen molar-refractivity contribution in [2.45, 2.75) is 13.5 Å². The Kier molecular flexibility index (Phi) is 2.72. The van der Waals surface area contributed by atoms with Crippen molar-refractivity contribution >= 4 is 5.91 Å². The molecule has 0 aliphatic carbocycles. The van der Waals surface area contributed by atoms with Gasteiger partial charge in [0.05, 0.1) is 0 Å². The predicted octanol–water partition coefficient (Wildman–Crippen LogP) is 1.34. The van der Waals surface area contributed by atoms with E-state index in [0.29, 0.717) is 0 Å². The van der Waals surface area contributed by atoms with E-state index in [9.17, 15) is 4.79 Å². The molecule has 0 aliphatic rings. The number of aromatic nitrogens is 2. The summed E-state index contributed by atoms with van der Waals surface area (Å²) in [5, 5.41) is 0. The van der Waals surface area contributed by atoms with Gasteiger partial charge in [0.15, 0.2) is 0 Å². The third-order valence-electron chi connectivity index (χ3n) is 2.35. The smallest absolute Gasteiger partial charge is 0.237 e. The number of benzene rings is 1. The maximum atomic E-state index is 10.9. The van der Waals surface area contributed by atoms with E-state index in [0.717, 1.165) is 11.4 Å². The lowest BCUT2D eigenvalue weighted by Crippen LogP contribution is -2.18. The molecule has 4 nitrogen and oxygen atoms in total. The van der Waals surface area contributed by atoms with E-state index < -0.39 is 0 Å². The van der Waals surface area contributed by atoms with Gasteiger partial charge in [0.2, 0.25) is 5.91 Å². The fourth-order valence-corrected chi connectivity index (χ4v) is 1.57. The van der Waals surface area contributed by atoms with E-state index >= 15 is 0 Å². The molecule has 0 saturated heterocycles. The van der Waals surface area contributed by atoms with Gasteiger partial charge in [-0.1, -0.05) is 29.8 Å². The van der Waals surface area contributed by atoms with Crippen LogP contribution < -0.4 is 5.73 Å². The molecule has 1 aromatic heterocycles. The molecule has 2 N–H and O–H groups in total. The number of carbonyl (C=O) groups is 1. The van der Waals surface area contributed by atoms with E-state index in [1.165, 1.54) is 5.56 Å². The molecule has 0 saturated carbocycles. The summed E-state index contributed by atoms with van der Waals surface area (Å²) in [7, 11) is 0. The Morgan fingerprint density at radius 3 is 2.69 bits per heavy atom. The van der Waals surface area contributed by atoms with Crippen molar-refractivity contribution in [3.63, 3.8) is 0 Å². The van der Waals surface area contributed by atoms with Gasteiger partial charge in [0, 0.05) is 18.0 Å². The van der Waals surface area contributed by atoms with Crippen LogP contribution in [0.5, 0.6) is 0 Å². The molecule has 2 aromatic rings. The van der Waals surface area contributed by atoms with Crippen LogP contribution in [0.1, 0.15) is 5.56 Å². The normalized spacial score (nSPS) is 10.3. The van der Waals surface area contributed by atoms with E-state index in [2.05, 4.69) is 4.98 Å². The van der Waals surface area contributed by atoms with Crippen LogP contribution in [-0.4, -0.2) is 15.5 Å². The van der Waals surface area contributed by atoms with Crippen LogP contribution in [0.3, 0.4) is 0 Å². The lowest BCUT2D eigenvalue weighted by molar-refractivity contribution is -0.118. The molecule has 0 atom stereocenters. The van der Waals surface area contributed by atoms with Crippen LogP contribution >= 0.6 is 0 Å². The van der Waals surface area contributed by atoms with E-state index in [1.54, 1.807) is 17.0 Å². The SMILES string of the molecule is Cc1ccc(-c2nccn2CC(N)=O)cc1. The summed E-state index contributed by atoms with van der Waals surface area (Å²) in [6, 6.07) is 7.99. The average Bonchev–Trinajstić information content (AvgIpc) is 2.66. The van der Waals surface area contributed by atoms with Crippen molar-refractivity contribution in [1.29, 1.82) is 0 Å². The highest BCUT2D eigenvalue weighted by molar-refractivity contribution is 5.74. The zero-order valence-electron chi connectivity index (χ0n) is 9.05. The van der Waals surface area contributed by atoms with Gasteiger partial charge < -0.3 is 10.3 Å². The van der Waals surface area contributed by atoms with E-state index in [4.69, 9.17) is 5.73 Å². The van der Waals surface area contributed by atoms with Crippen LogP contribution in [0.15, 0.2) is 36.7 Å². The number of primary amides is 1. The first-order valence-corrected chi connectivity index (χ1v) is 5.03. The van der Waals surface area contributed by atoms with Gasteiger partial charge >= 0.3 is 0 Å². The Morgan fingerprint density at radius 1 is 1.38 bits per heavy atom. The number of nitrogens with two attached hydrogens (primary N) is 1. The summed E-state index contributed by atoms with van der Waals surface area (Å²) in [5.74, 6) is 0.394. The second-order valence-corrected chi connectivity index (χ2v) is 3.71. The number of imidazole rings is 1. The Morgan fingerprint density at radius 2 is 2.06 bits per heavy atom. The van der Waals surface area contributed by atoms with E-state index in [-0.39, 0.29) is 12.5 Å². The average molecular weight is 215 g/mol. The minimum atomic E-state index is -0.369. The molecule has 0 radical (unpaired) electrons. The first-order valence-electron chi connectivity index (χ1n) is 5.03. The molecule has 4 heteroatoms. The summed E-state index contributed by atoms with van der Waals surface area (Å²) in [6.07, 6.45) is 3.41. The van der Waals surface area contributed by atoms with Crippen molar-refractivity contribution in [2.24, 2.45) is 5.73 Å². The van der Waals surface area contributed by atoms with Crippen molar-refractivity contribution in [2.75, 3.05) is 0 Å². The zero-order chi connectivity index (χ0) is 11.5. The van der Waals surface area contributed by atoms with Crippen molar-refractivity contribution in [3.05, 3.63) is 42.2 Å². The molecule has 0 spiro atoms. The molecular weight excluding hydrogens is 202 g/mol. The highest BCUT2D eigenvalue weighted by Gasteiger charge is 2.06. The second kappa shape index (κ2) is 4.18. The van der Waals surface area contributed by atoms with Gasteiger partial charge in [0.1, 0.15) is 12.4 Å². The van der Waals surface area contributed by atoms with Crippen molar-refractivity contribution < 1.29 is 4.79 Å². The van der Waals surface area contributed by atoms with Gasteiger partial charge in [-0.3, -0.25) is 4.79 Å². The van der Waals surface area contributed by atoms with Gasteiger partial charge in [-0.15, -0.1) is 0 Å². The van der Waals surface area contributed by atoms with Crippen LogP contribution in [-0.2, 0) is 11.3 Å². The minimum absolute atomic E-state index is 0.156. The zero-order valence-corrected chi connectivity index (χ0v) is 9.05. The van der Waals surface area contributed by atoms with Gasteiger partial charge in [-0.2, -0.15) is 0 Å². The van der Waals surface area contributed by atoms with Crippen LogP contribution in [0, 0.1) is 6.92 Å². The van der Waals surface area contributed by atoms with Crippen LogP contribution in [0.2, 0.25) is 0 Å². The number of carbonyl (C=O) groups excluding carboxylic acids is 1. The lowest BCUT2D eigenvalue weighted by Gasteiger charge is -2.05. The topological polar surface area (TPSA) is 60.9 Å². The van der Waals surface area contributed by atoms with Crippen LogP contribution in [0.25, 0.3) is 11.4 Å². The van der Waals surface area contributed by atoms with Crippen molar-refractivity contribution in [1.82, 2.24) is 9.55 Å². The number of hydrogen-bond acceptors (Lipinski definition) is 2. The van der Waals surface area contributed by atoms with Gasteiger partial charge in [0.25, 0.3) is 0 Å². The molecule has 0 fully saturated rings. The number of aryl methyl sites for hydroxylation is 1. The molecular formula is C12H13N3O. The summed E-state index contributed by atoms with van der Waals surface area (Å²) < 4.78 is 1.74.